The number of amides is 1. The van der Waals surface area contributed by atoms with Crippen LogP contribution in [0.5, 0.6) is 0 Å². The number of nitrogens with one attached hydrogen (secondary N) is 2. The second-order valence-electron chi connectivity index (χ2n) is 5.61. The third-order valence-corrected chi connectivity index (χ3v) is 4.20. The van der Waals surface area contributed by atoms with Gasteiger partial charge in [0.05, 0.1) is 5.92 Å². The summed E-state index contributed by atoms with van der Waals surface area (Å²) in [6, 6.07) is 10.8. The zero-order chi connectivity index (χ0) is 12.5. The van der Waals surface area contributed by atoms with E-state index >= 15 is 0 Å². The Morgan fingerprint density at radius 3 is 2.72 bits per heavy atom. The van der Waals surface area contributed by atoms with Gasteiger partial charge in [0.15, 0.2) is 0 Å². The van der Waals surface area contributed by atoms with Crippen LogP contribution in [0.25, 0.3) is 0 Å². The Kier molecular flexibility index (Phi) is 3.08. The standard InChI is InChI=1S/C15H20N2O/c1-10-8-16-9-13(10)15(18)17-14-7-12(14)11-5-3-2-4-6-11/h2-6,10,12-14,16H,7-9H2,1H3,(H,17,18). The average Bonchev–Trinajstić information content (AvgIpc) is 3.01. The number of rotatable bonds is 3. The fraction of sp³-hybridized carbons (Fsp3) is 0.533. The molecule has 2 aliphatic rings. The van der Waals surface area contributed by atoms with E-state index in [0.717, 1.165) is 19.5 Å². The fourth-order valence-corrected chi connectivity index (χ4v) is 2.87. The van der Waals surface area contributed by atoms with Gasteiger partial charge in [-0.1, -0.05) is 37.3 Å². The van der Waals surface area contributed by atoms with E-state index in [4.69, 9.17) is 0 Å². The van der Waals surface area contributed by atoms with Crippen LogP contribution in [0.1, 0.15) is 24.8 Å². The van der Waals surface area contributed by atoms with Gasteiger partial charge in [-0.2, -0.15) is 0 Å². The molecule has 1 aromatic rings. The van der Waals surface area contributed by atoms with Gasteiger partial charge in [0.2, 0.25) is 5.91 Å². The first-order chi connectivity index (χ1) is 8.75. The molecule has 2 N–H and O–H groups in total. The highest BCUT2D eigenvalue weighted by molar-refractivity contribution is 5.80. The van der Waals surface area contributed by atoms with Crippen molar-refractivity contribution in [3.05, 3.63) is 35.9 Å². The van der Waals surface area contributed by atoms with E-state index in [9.17, 15) is 4.79 Å². The number of carbonyl (C=O) groups is 1. The van der Waals surface area contributed by atoms with E-state index in [1.54, 1.807) is 0 Å². The van der Waals surface area contributed by atoms with E-state index in [1.807, 2.05) is 6.07 Å². The normalized spacial score (nSPS) is 34.3. The van der Waals surface area contributed by atoms with E-state index < -0.39 is 0 Å². The van der Waals surface area contributed by atoms with Crippen molar-refractivity contribution in [2.75, 3.05) is 13.1 Å². The van der Waals surface area contributed by atoms with Gasteiger partial charge in [-0.05, 0) is 24.4 Å². The lowest BCUT2D eigenvalue weighted by Crippen LogP contribution is -2.36. The predicted octanol–water partition coefficient (Wildman–Crippen LogP) is 1.51. The second kappa shape index (κ2) is 4.73. The Morgan fingerprint density at radius 1 is 1.28 bits per heavy atom. The molecule has 18 heavy (non-hydrogen) atoms. The number of carbonyl (C=O) groups excluding carboxylic acids is 1. The van der Waals surface area contributed by atoms with Crippen molar-refractivity contribution in [2.24, 2.45) is 11.8 Å². The third kappa shape index (κ3) is 2.27. The molecule has 1 aromatic carbocycles. The molecule has 1 heterocycles. The predicted molar refractivity (Wildman–Crippen MR) is 71.3 cm³/mol. The minimum atomic E-state index is 0.155. The maximum absolute atomic E-state index is 12.1. The highest BCUT2D eigenvalue weighted by atomic mass is 16.2. The lowest BCUT2D eigenvalue weighted by molar-refractivity contribution is -0.125. The molecule has 3 rings (SSSR count). The molecule has 1 amide bonds. The molecule has 3 heteroatoms. The highest BCUT2D eigenvalue weighted by Crippen LogP contribution is 2.40. The van der Waals surface area contributed by atoms with Crippen LogP contribution in [0.3, 0.4) is 0 Å². The Hall–Kier alpha value is -1.35. The molecule has 4 atom stereocenters. The van der Waals surface area contributed by atoms with Crippen LogP contribution in [0, 0.1) is 11.8 Å². The van der Waals surface area contributed by atoms with Crippen molar-refractivity contribution in [2.45, 2.75) is 25.3 Å². The van der Waals surface area contributed by atoms with Crippen LogP contribution >= 0.6 is 0 Å². The zero-order valence-corrected chi connectivity index (χ0v) is 10.7. The fourth-order valence-electron chi connectivity index (χ4n) is 2.87. The van der Waals surface area contributed by atoms with Gasteiger partial charge in [-0.15, -0.1) is 0 Å². The molecule has 0 aromatic heterocycles. The summed E-state index contributed by atoms with van der Waals surface area (Å²) < 4.78 is 0. The Bertz CT molecular complexity index is 431. The topological polar surface area (TPSA) is 41.1 Å². The molecule has 0 radical (unpaired) electrons. The average molecular weight is 244 g/mol. The maximum Gasteiger partial charge on any atom is 0.224 e. The highest BCUT2D eigenvalue weighted by Gasteiger charge is 2.41. The van der Waals surface area contributed by atoms with E-state index in [1.165, 1.54) is 5.56 Å². The van der Waals surface area contributed by atoms with Crippen LogP contribution in [0.4, 0.5) is 0 Å². The summed E-state index contributed by atoms with van der Waals surface area (Å²) in [5.41, 5.74) is 1.35. The first-order valence-corrected chi connectivity index (χ1v) is 6.81. The van der Waals surface area contributed by atoms with E-state index in [2.05, 4.69) is 41.8 Å². The summed E-state index contributed by atoms with van der Waals surface area (Å²) in [6.07, 6.45) is 1.09. The third-order valence-electron chi connectivity index (χ3n) is 4.20. The van der Waals surface area contributed by atoms with Crippen molar-refractivity contribution >= 4 is 5.91 Å². The second-order valence-corrected chi connectivity index (χ2v) is 5.61. The number of hydrogen-bond acceptors (Lipinski definition) is 2. The first-order valence-electron chi connectivity index (χ1n) is 6.81. The molecule has 0 bridgehead atoms. The monoisotopic (exact) mass is 244 g/mol. The summed E-state index contributed by atoms with van der Waals surface area (Å²) in [5, 5.41) is 6.47. The van der Waals surface area contributed by atoms with Gasteiger partial charge in [0.1, 0.15) is 0 Å². The molecule has 1 saturated carbocycles. The van der Waals surface area contributed by atoms with Crippen LogP contribution in [0.15, 0.2) is 30.3 Å². The molecular weight excluding hydrogens is 224 g/mol. The molecule has 2 fully saturated rings. The Balaban J connectivity index is 1.55. The summed E-state index contributed by atoms with van der Waals surface area (Å²) in [6.45, 7) is 3.94. The molecule has 1 aliphatic heterocycles. The number of benzene rings is 1. The van der Waals surface area contributed by atoms with Crippen LogP contribution in [0.2, 0.25) is 0 Å². The molecule has 1 saturated heterocycles. The minimum Gasteiger partial charge on any atom is -0.352 e. The van der Waals surface area contributed by atoms with Crippen molar-refractivity contribution < 1.29 is 4.79 Å². The van der Waals surface area contributed by atoms with Gasteiger partial charge in [-0.3, -0.25) is 4.79 Å². The lowest BCUT2D eigenvalue weighted by atomic mass is 9.97. The van der Waals surface area contributed by atoms with Crippen LogP contribution < -0.4 is 10.6 Å². The van der Waals surface area contributed by atoms with Crippen LogP contribution in [-0.2, 0) is 4.79 Å². The van der Waals surface area contributed by atoms with E-state index in [0.29, 0.717) is 17.9 Å². The summed E-state index contributed by atoms with van der Waals surface area (Å²) >= 11 is 0. The molecule has 0 spiro atoms. The summed E-state index contributed by atoms with van der Waals surface area (Å²) in [5.74, 6) is 1.37. The van der Waals surface area contributed by atoms with Gasteiger partial charge >= 0.3 is 0 Å². The van der Waals surface area contributed by atoms with Crippen molar-refractivity contribution in [1.29, 1.82) is 0 Å². The minimum absolute atomic E-state index is 0.155. The molecule has 4 unspecified atom stereocenters. The van der Waals surface area contributed by atoms with Gasteiger partial charge in [0, 0.05) is 18.5 Å². The molecular formula is C15H20N2O. The Morgan fingerprint density at radius 2 is 2.06 bits per heavy atom. The summed E-state index contributed by atoms with van der Waals surface area (Å²) in [7, 11) is 0. The number of hydrogen-bond donors (Lipinski definition) is 2. The van der Waals surface area contributed by atoms with Crippen LogP contribution in [-0.4, -0.2) is 25.0 Å². The summed E-state index contributed by atoms with van der Waals surface area (Å²) in [4.78, 5) is 12.1. The lowest BCUT2D eigenvalue weighted by Gasteiger charge is -2.14. The first kappa shape index (κ1) is 11.7. The van der Waals surface area contributed by atoms with E-state index in [-0.39, 0.29) is 11.8 Å². The SMILES string of the molecule is CC1CNCC1C(=O)NC1CC1c1ccccc1. The Labute approximate surface area is 108 Å². The zero-order valence-electron chi connectivity index (χ0n) is 10.7. The smallest absolute Gasteiger partial charge is 0.224 e. The quantitative estimate of drug-likeness (QED) is 0.846. The molecule has 3 nitrogen and oxygen atoms in total. The molecule has 96 valence electrons. The van der Waals surface area contributed by atoms with Gasteiger partial charge in [-0.25, -0.2) is 0 Å². The van der Waals surface area contributed by atoms with Crippen molar-refractivity contribution in [1.82, 2.24) is 10.6 Å². The van der Waals surface area contributed by atoms with Crippen molar-refractivity contribution in [3.8, 4) is 0 Å². The van der Waals surface area contributed by atoms with Gasteiger partial charge < -0.3 is 10.6 Å². The largest absolute Gasteiger partial charge is 0.352 e. The van der Waals surface area contributed by atoms with Crippen molar-refractivity contribution in [3.63, 3.8) is 0 Å². The van der Waals surface area contributed by atoms with Gasteiger partial charge in [0.25, 0.3) is 0 Å². The molecule has 1 aliphatic carbocycles. The maximum atomic E-state index is 12.1.